The van der Waals surface area contributed by atoms with Crippen molar-refractivity contribution in [3.8, 4) is 0 Å². The molecule has 2 rings (SSSR count). The van der Waals surface area contributed by atoms with Gasteiger partial charge in [-0.2, -0.15) is 0 Å². The van der Waals surface area contributed by atoms with Crippen molar-refractivity contribution in [2.45, 2.75) is 103 Å². The standard InChI is InChI=1S/C29H44N4O6S3/c1-5-6-7-8-11-14-23(34)40-15-12-9-10-13-21(26(35)36)39-27(37)24(19(2)3)32-28(38)29(4)18-42-25(33-29)20-17-41-22(16-30)31-20/h9-10,17,19,21,24H,5-8,11-16,18,30H2,1-4H3,(H,32,38)(H,35,36)/b10-9+/t21-,24-,29-/m0/s1. The molecule has 0 fully saturated rings. The molecule has 0 aromatic carbocycles. The minimum Gasteiger partial charge on any atom is -0.478 e. The summed E-state index contributed by atoms with van der Waals surface area (Å²) in [5.74, 6) is -1.90. The van der Waals surface area contributed by atoms with Crippen LogP contribution in [0.3, 0.4) is 0 Å². The van der Waals surface area contributed by atoms with Crippen molar-refractivity contribution in [3.63, 3.8) is 0 Å². The lowest BCUT2D eigenvalue weighted by Gasteiger charge is -2.26. The fraction of sp³-hybridized carbons (Fsp3) is 0.655. The predicted molar refractivity (Wildman–Crippen MR) is 171 cm³/mol. The topological polar surface area (TPSA) is 161 Å². The zero-order valence-corrected chi connectivity index (χ0v) is 27.4. The second kappa shape index (κ2) is 18.4. The van der Waals surface area contributed by atoms with E-state index in [9.17, 15) is 24.3 Å². The van der Waals surface area contributed by atoms with Gasteiger partial charge in [0, 0.05) is 36.3 Å². The molecule has 0 saturated heterocycles. The second-order valence-corrected chi connectivity index (χ2v) is 13.7. The number of aromatic nitrogens is 1. The Morgan fingerprint density at radius 3 is 2.60 bits per heavy atom. The van der Waals surface area contributed by atoms with Crippen molar-refractivity contribution in [1.29, 1.82) is 0 Å². The lowest BCUT2D eigenvalue weighted by atomic mass is 10.0. The average molecular weight is 641 g/mol. The van der Waals surface area contributed by atoms with Crippen molar-refractivity contribution in [3.05, 3.63) is 28.2 Å². The van der Waals surface area contributed by atoms with Gasteiger partial charge in [-0.05, 0) is 25.7 Å². The van der Waals surface area contributed by atoms with Gasteiger partial charge in [-0.15, -0.1) is 23.1 Å². The summed E-state index contributed by atoms with van der Waals surface area (Å²) in [6.45, 7) is 7.66. The molecule has 0 unspecified atom stereocenters. The summed E-state index contributed by atoms with van der Waals surface area (Å²) in [7, 11) is 0. The molecule has 1 aromatic rings. The normalized spacial score (nSPS) is 18.2. The van der Waals surface area contributed by atoms with Crippen LogP contribution in [0, 0.1) is 5.92 Å². The monoisotopic (exact) mass is 640 g/mol. The summed E-state index contributed by atoms with van der Waals surface area (Å²) >= 11 is 4.12. The molecule has 0 radical (unpaired) electrons. The number of esters is 1. The van der Waals surface area contributed by atoms with Gasteiger partial charge in [0.1, 0.15) is 27.3 Å². The predicted octanol–water partition coefficient (Wildman–Crippen LogP) is 4.95. The number of carbonyl (C=O) groups excluding carboxylic acids is 3. The van der Waals surface area contributed by atoms with E-state index in [4.69, 9.17) is 10.5 Å². The zero-order chi connectivity index (χ0) is 31.1. The first-order valence-electron chi connectivity index (χ1n) is 14.4. The van der Waals surface area contributed by atoms with Gasteiger partial charge in [0.15, 0.2) is 5.12 Å². The number of amides is 1. The Kier molecular flexibility index (Phi) is 15.8. The van der Waals surface area contributed by atoms with Crippen molar-refractivity contribution in [2.24, 2.45) is 16.6 Å². The highest BCUT2D eigenvalue weighted by Gasteiger charge is 2.41. The Morgan fingerprint density at radius 1 is 1.21 bits per heavy atom. The number of allylic oxidation sites excluding steroid dienone is 1. The van der Waals surface area contributed by atoms with Crippen molar-refractivity contribution >= 4 is 62.9 Å². The number of aliphatic carboxylic acids is 1. The summed E-state index contributed by atoms with van der Waals surface area (Å²) < 4.78 is 5.33. The van der Waals surface area contributed by atoms with Gasteiger partial charge in [-0.1, -0.05) is 70.4 Å². The van der Waals surface area contributed by atoms with Gasteiger partial charge in [-0.25, -0.2) is 14.6 Å². The van der Waals surface area contributed by atoms with Gasteiger partial charge in [0.05, 0.1) is 0 Å². The Balaban J connectivity index is 1.86. The highest BCUT2D eigenvalue weighted by Crippen LogP contribution is 2.32. The van der Waals surface area contributed by atoms with Crippen LogP contribution >= 0.6 is 34.9 Å². The molecule has 0 aliphatic carbocycles. The number of hydrogen-bond acceptors (Lipinski definition) is 11. The molecule has 0 saturated carbocycles. The Hall–Kier alpha value is -2.22. The van der Waals surface area contributed by atoms with Gasteiger partial charge < -0.3 is 20.9 Å². The fourth-order valence-corrected chi connectivity index (χ4v) is 6.61. The lowest BCUT2D eigenvalue weighted by Crippen LogP contribution is -2.53. The van der Waals surface area contributed by atoms with Crippen LogP contribution in [0.5, 0.6) is 0 Å². The quantitative estimate of drug-likeness (QED) is 0.107. The first kappa shape index (κ1) is 36.0. The number of unbranched alkanes of at least 4 members (excludes halogenated alkanes) is 4. The molecule has 0 bridgehead atoms. The Labute approximate surface area is 261 Å². The molecule has 4 N–H and O–H groups in total. The molecular weight excluding hydrogens is 597 g/mol. The minimum absolute atomic E-state index is 0.0175. The smallest absolute Gasteiger partial charge is 0.345 e. The highest BCUT2D eigenvalue weighted by molar-refractivity contribution is 8.14. The van der Waals surface area contributed by atoms with E-state index in [-0.39, 0.29) is 17.5 Å². The number of nitrogens with two attached hydrogens (primary N) is 1. The largest absolute Gasteiger partial charge is 0.478 e. The molecule has 3 atom stereocenters. The summed E-state index contributed by atoms with van der Waals surface area (Å²) in [6.07, 6.45) is 8.73. The van der Waals surface area contributed by atoms with Crippen LogP contribution in [-0.4, -0.2) is 67.3 Å². The Morgan fingerprint density at radius 2 is 1.95 bits per heavy atom. The SMILES string of the molecule is CCCCCCCC(=O)SCC/C=C/C[C@H](OC(=O)[C@@H](NC(=O)[C@]1(C)CSC(c2csc(CN)n2)=N1)C(C)C)C(=O)O. The van der Waals surface area contributed by atoms with E-state index in [0.29, 0.717) is 41.6 Å². The van der Waals surface area contributed by atoms with E-state index in [2.05, 4.69) is 22.2 Å². The summed E-state index contributed by atoms with van der Waals surface area (Å²) in [5, 5.41) is 15.8. The molecular formula is C29H44N4O6S3. The van der Waals surface area contributed by atoms with Gasteiger partial charge in [0.25, 0.3) is 0 Å². The van der Waals surface area contributed by atoms with Crippen LogP contribution in [0.1, 0.15) is 89.8 Å². The number of ether oxygens (including phenoxy) is 1. The van der Waals surface area contributed by atoms with E-state index < -0.39 is 35.5 Å². The molecule has 1 aliphatic heterocycles. The number of thioether (sulfide) groups is 2. The van der Waals surface area contributed by atoms with E-state index in [1.807, 2.05) is 5.38 Å². The number of hydrogen-bond donors (Lipinski definition) is 3. The molecule has 13 heteroatoms. The number of aliphatic imine (C=N–C) groups is 1. The van der Waals surface area contributed by atoms with Crippen LogP contribution in [-0.2, 0) is 30.5 Å². The Bertz CT molecular complexity index is 1120. The van der Waals surface area contributed by atoms with Crippen LogP contribution in [0.2, 0.25) is 0 Å². The number of carboxylic acids is 1. The van der Waals surface area contributed by atoms with E-state index in [1.165, 1.54) is 47.7 Å². The third-order valence-corrected chi connectivity index (χ3v) is 9.68. The fourth-order valence-electron chi connectivity index (χ4n) is 3.98. The van der Waals surface area contributed by atoms with Crippen molar-refractivity contribution in [2.75, 3.05) is 11.5 Å². The number of rotatable bonds is 19. The number of thiazole rings is 1. The number of nitrogens with one attached hydrogen (secondary N) is 1. The van der Waals surface area contributed by atoms with Crippen molar-refractivity contribution < 1.29 is 29.0 Å². The lowest BCUT2D eigenvalue weighted by molar-refractivity contribution is -0.166. The van der Waals surface area contributed by atoms with Gasteiger partial charge in [-0.3, -0.25) is 14.6 Å². The molecule has 1 amide bonds. The van der Waals surface area contributed by atoms with E-state index >= 15 is 0 Å². The number of carbonyl (C=O) groups is 4. The summed E-state index contributed by atoms with van der Waals surface area (Å²) in [6, 6.07) is -1.04. The van der Waals surface area contributed by atoms with Crippen LogP contribution in [0.15, 0.2) is 22.5 Å². The number of nitrogens with zero attached hydrogens (tertiary/aromatic N) is 2. The van der Waals surface area contributed by atoms with E-state index in [1.54, 1.807) is 32.9 Å². The second-order valence-electron chi connectivity index (χ2n) is 10.6. The zero-order valence-electron chi connectivity index (χ0n) is 24.9. The minimum atomic E-state index is -1.40. The maximum atomic E-state index is 13.2. The molecule has 42 heavy (non-hydrogen) atoms. The van der Waals surface area contributed by atoms with Crippen molar-refractivity contribution in [1.82, 2.24) is 10.3 Å². The van der Waals surface area contributed by atoms with Gasteiger partial charge >= 0.3 is 11.9 Å². The highest BCUT2D eigenvalue weighted by atomic mass is 32.2. The average Bonchev–Trinajstić information content (AvgIpc) is 3.59. The first-order valence-corrected chi connectivity index (χ1v) is 17.3. The number of carboxylic acid groups (broad SMARTS) is 1. The maximum absolute atomic E-state index is 13.2. The summed E-state index contributed by atoms with van der Waals surface area (Å²) in [5.41, 5.74) is 5.20. The van der Waals surface area contributed by atoms with E-state index in [0.717, 1.165) is 24.3 Å². The molecule has 10 nitrogen and oxygen atoms in total. The summed E-state index contributed by atoms with van der Waals surface area (Å²) in [4.78, 5) is 59.0. The molecule has 1 aromatic heterocycles. The van der Waals surface area contributed by atoms with Crippen LogP contribution in [0.25, 0.3) is 0 Å². The first-order chi connectivity index (χ1) is 20.0. The van der Waals surface area contributed by atoms with Gasteiger partial charge in [0.2, 0.25) is 12.0 Å². The van der Waals surface area contributed by atoms with Crippen LogP contribution < -0.4 is 11.1 Å². The molecule has 0 spiro atoms. The third-order valence-electron chi connectivity index (χ3n) is 6.56. The maximum Gasteiger partial charge on any atom is 0.345 e. The third kappa shape index (κ3) is 11.8. The molecule has 234 valence electrons. The van der Waals surface area contributed by atoms with Crippen LogP contribution in [0.4, 0.5) is 0 Å². The molecule has 2 heterocycles. The molecule has 1 aliphatic rings.